The van der Waals surface area contributed by atoms with Gasteiger partial charge in [-0.15, -0.1) is 0 Å². The average Bonchev–Trinajstić information content (AvgIpc) is 3.39. The van der Waals surface area contributed by atoms with Crippen molar-refractivity contribution in [1.29, 1.82) is 0 Å². The summed E-state index contributed by atoms with van der Waals surface area (Å²) in [5.41, 5.74) is 5.92. The van der Waals surface area contributed by atoms with E-state index in [9.17, 15) is 18.3 Å². The molecule has 0 saturated heterocycles. The van der Waals surface area contributed by atoms with Gasteiger partial charge in [-0.2, -0.15) is 4.31 Å². The summed E-state index contributed by atoms with van der Waals surface area (Å²) in [4.78, 5) is 15.6. The molecule has 0 radical (unpaired) electrons. The van der Waals surface area contributed by atoms with Crippen LogP contribution in [0.3, 0.4) is 0 Å². The van der Waals surface area contributed by atoms with Gasteiger partial charge in [0.05, 0.1) is 16.5 Å². The number of nitrogen functional groups attached to an aromatic ring is 1. The van der Waals surface area contributed by atoms with Gasteiger partial charge in [0.25, 0.3) is 0 Å². The minimum absolute atomic E-state index is 0.0252. The fraction of sp³-hybridized carbons (Fsp3) is 0.536. The van der Waals surface area contributed by atoms with Gasteiger partial charge in [-0.25, -0.2) is 8.42 Å². The predicted octanol–water partition coefficient (Wildman–Crippen LogP) is 4.23. The van der Waals surface area contributed by atoms with Gasteiger partial charge in [0.1, 0.15) is 0 Å². The molecule has 0 bridgehead atoms. The molecule has 0 heterocycles. The molecule has 8 heteroatoms. The number of benzene rings is 2. The highest BCUT2D eigenvalue weighted by Gasteiger charge is 2.46. The highest BCUT2D eigenvalue weighted by atomic mass is 32.2. The van der Waals surface area contributed by atoms with Crippen molar-refractivity contribution in [3.05, 3.63) is 60.2 Å². The van der Waals surface area contributed by atoms with Crippen molar-refractivity contribution in [3.8, 4) is 0 Å². The van der Waals surface area contributed by atoms with E-state index in [1.54, 1.807) is 17.0 Å². The van der Waals surface area contributed by atoms with Crippen molar-refractivity contribution < 1.29 is 18.3 Å². The van der Waals surface area contributed by atoms with Gasteiger partial charge >= 0.3 is 0 Å². The molecular formula is C28H41N3O4S. The van der Waals surface area contributed by atoms with Crippen LogP contribution in [0.2, 0.25) is 0 Å². The number of carbonyl (C=O) groups excluding carboxylic acids is 1. The molecule has 3 N–H and O–H groups in total. The molecule has 3 rings (SSSR count). The summed E-state index contributed by atoms with van der Waals surface area (Å²) in [5, 5.41) is 11.8. The lowest BCUT2D eigenvalue weighted by molar-refractivity contribution is -0.147. The molecule has 1 saturated carbocycles. The molecule has 0 aliphatic heterocycles. The van der Waals surface area contributed by atoms with Crippen LogP contribution in [0.5, 0.6) is 0 Å². The highest BCUT2D eigenvalue weighted by Crippen LogP contribution is 2.37. The summed E-state index contributed by atoms with van der Waals surface area (Å²) in [7, 11) is -3.90. The number of carbonyl (C=O) groups is 1. The van der Waals surface area contributed by atoms with Gasteiger partial charge in [0, 0.05) is 31.2 Å². The van der Waals surface area contributed by atoms with E-state index >= 15 is 0 Å². The first-order valence-electron chi connectivity index (χ1n) is 12.9. The quantitative estimate of drug-likeness (QED) is 0.436. The van der Waals surface area contributed by atoms with E-state index in [2.05, 4.69) is 0 Å². The Morgan fingerprint density at radius 1 is 1.06 bits per heavy atom. The molecule has 2 aromatic rings. The van der Waals surface area contributed by atoms with Crippen LogP contribution in [0.25, 0.3) is 0 Å². The van der Waals surface area contributed by atoms with Crippen LogP contribution < -0.4 is 5.73 Å². The summed E-state index contributed by atoms with van der Waals surface area (Å²) in [5.74, 6) is -0.00574. The minimum atomic E-state index is -3.90. The zero-order valence-corrected chi connectivity index (χ0v) is 22.7. The van der Waals surface area contributed by atoms with Crippen LogP contribution >= 0.6 is 0 Å². The van der Waals surface area contributed by atoms with Crippen LogP contribution in [0.1, 0.15) is 58.9 Å². The number of hydrogen-bond acceptors (Lipinski definition) is 5. The summed E-state index contributed by atoms with van der Waals surface area (Å²) in [6.07, 6.45) is 2.59. The molecule has 2 aromatic carbocycles. The van der Waals surface area contributed by atoms with E-state index in [-0.39, 0.29) is 35.7 Å². The predicted molar refractivity (Wildman–Crippen MR) is 144 cm³/mol. The summed E-state index contributed by atoms with van der Waals surface area (Å²) in [6.45, 7) is 8.14. The van der Waals surface area contributed by atoms with Gasteiger partial charge < -0.3 is 15.7 Å². The fourth-order valence-electron chi connectivity index (χ4n) is 5.25. The SMILES string of the molecule is CCN(C(=O)C1CCCC1)[C@@](C)(c1ccccc1)[C@H](O)CN(CC(C)C)S(=O)(=O)c1ccc(N)cc1. The molecular weight excluding hydrogens is 474 g/mol. The zero-order valence-electron chi connectivity index (χ0n) is 21.9. The number of aliphatic hydroxyl groups excluding tert-OH is 1. The van der Waals surface area contributed by atoms with E-state index in [0.29, 0.717) is 12.2 Å². The Labute approximate surface area is 216 Å². The molecule has 36 heavy (non-hydrogen) atoms. The van der Waals surface area contributed by atoms with Gasteiger partial charge in [-0.05, 0) is 62.4 Å². The van der Waals surface area contributed by atoms with Crippen molar-refractivity contribution >= 4 is 21.6 Å². The molecule has 2 atom stereocenters. The lowest BCUT2D eigenvalue weighted by Crippen LogP contribution is -2.59. The molecule has 0 aromatic heterocycles. The first-order chi connectivity index (χ1) is 17.0. The monoisotopic (exact) mass is 515 g/mol. The second-order valence-corrected chi connectivity index (χ2v) is 12.3. The van der Waals surface area contributed by atoms with E-state index in [0.717, 1.165) is 31.2 Å². The second-order valence-electron chi connectivity index (χ2n) is 10.4. The van der Waals surface area contributed by atoms with Crippen LogP contribution in [0, 0.1) is 11.8 Å². The van der Waals surface area contributed by atoms with Gasteiger partial charge in [0.15, 0.2) is 0 Å². The first kappa shape index (κ1) is 28.2. The van der Waals surface area contributed by atoms with Crippen LogP contribution in [-0.2, 0) is 20.4 Å². The van der Waals surface area contributed by atoms with Crippen molar-refractivity contribution in [2.75, 3.05) is 25.4 Å². The third-order valence-electron chi connectivity index (χ3n) is 7.32. The van der Waals surface area contributed by atoms with Crippen molar-refractivity contribution in [2.45, 2.75) is 69.9 Å². The Morgan fingerprint density at radius 2 is 1.64 bits per heavy atom. The minimum Gasteiger partial charge on any atom is -0.399 e. The Bertz CT molecular complexity index is 1100. The molecule has 198 valence electrons. The molecule has 0 unspecified atom stereocenters. The second kappa shape index (κ2) is 11.8. The molecule has 7 nitrogen and oxygen atoms in total. The average molecular weight is 516 g/mol. The maximum Gasteiger partial charge on any atom is 0.243 e. The summed E-state index contributed by atoms with van der Waals surface area (Å²) >= 11 is 0. The number of nitrogens with two attached hydrogens (primary N) is 1. The number of aliphatic hydroxyl groups is 1. The smallest absolute Gasteiger partial charge is 0.243 e. The number of amides is 1. The molecule has 0 spiro atoms. The van der Waals surface area contributed by atoms with E-state index in [4.69, 9.17) is 5.73 Å². The Balaban J connectivity index is 2.03. The third kappa shape index (κ3) is 5.93. The number of sulfonamides is 1. The van der Waals surface area contributed by atoms with Crippen molar-refractivity contribution in [3.63, 3.8) is 0 Å². The highest BCUT2D eigenvalue weighted by molar-refractivity contribution is 7.89. The normalized spacial score (nSPS) is 17.3. The van der Waals surface area contributed by atoms with Crippen molar-refractivity contribution in [1.82, 2.24) is 9.21 Å². The molecule has 1 aliphatic rings. The number of hydrogen-bond donors (Lipinski definition) is 2. The van der Waals surface area contributed by atoms with Gasteiger partial charge in [0.2, 0.25) is 15.9 Å². The Hall–Kier alpha value is -2.42. The number of likely N-dealkylation sites (N-methyl/N-ethyl adjacent to an activating group) is 1. The largest absolute Gasteiger partial charge is 0.399 e. The van der Waals surface area contributed by atoms with Crippen molar-refractivity contribution in [2.24, 2.45) is 11.8 Å². The number of rotatable bonds is 11. The lowest BCUT2D eigenvalue weighted by atomic mass is 9.83. The fourth-order valence-corrected chi connectivity index (χ4v) is 6.86. The third-order valence-corrected chi connectivity index (χ3v) is 9.16. The Kier molecular flexibility index (Phi) is 9.19. The maximum absolute atomic E-state index is 13.7. The standard InChI is InChI=1S/C28H41N3O4S/c1-5-31(27(33)22-11-9-10-12-22)28(4,23-13-7-6-8-14-23)26(32)20-30(19-21(2)3)36(34,35)25-17-15-24(29)16-18-25/h6-8,13-18,21-22,26,32H,5,9-12,19-20,29H2,1-4H3/t26-,28+/m1/s1. The van der Waals surface area contributed by atoms with Gasteiger partial charge in [-0.3, -0.25) is 4.79 Å². The van der Waals surface area contributed by atoms with Crippen LogP contribution in [0.15, 0.2) is 59.5 Å². The molecule has 1 aliphatic carbocycles. The topological polar surface area (TPSA) is 104 Å². The first-order valence-corrected chi connectivity index (χ1v) is 14.4. The summed E-state index contributed by atoms with van der Waals surface area (Å²) in [6, 6.07) is 15.5. The van der Waals surface area contributed by atoms with Crippen LogP contribution in [0.4, 0.5) is 5.69 Å². The summed E-state index contributed by atoms with van der Waals surface area (Å²) < 4.78 is 28.6. The number of nitrogens with zero attached hydrogens (tertiary/aromatic N) is 2. The molecule has 1 amide bonds. The number of anilines is 1. The van der Waals surface area contributed by atoms with E-state index in [1.165, 1.54) is 16.4 Å². The lowest BCUT2D eigenvalue weighted by Gasteiger charge is -2.46. The zero-order chi connectivity index (χ0) is 26.5. The van der Waals surface area contributed by atoms with E-state index < -0.39 is 21.7 Å². The maximum atomic E-state index is 13.7. The van der Waals surface area contributed by atoms with Crippen LogP contribution in [-0.4, -0.2) is 54.4 Å². The molecule has 1 fully saturated rings. The van der Waals surface area contributed by atoms with Gasteiger partial charge in [-0.1, -0.05) is 57.0 Å². The van der Waals surface area contributed by atoms with E-state index in [1.807, 2.05) is 58.0 Å². The Morgan fingerprint density at radius 3 is 2.17 bits per heavy atom.